The summed E-state index contributed by atoms with van der Waals surface area (Å²) in [6.45, 7) is 2.98. The van der Waals surface area contributed by atoms with E-state index >= 15 is 0 Å². The number of hydrogen-bond acceptors (Lipinski definition) is 6. The standard InChI is InChI=1S/C24H26N2O8/c1-11-7-13(23(31)32)9-15(19(11)27)21(29)25-17-5-3-4-6-18(17)26-22(30)16-10-14(24(33)34)8-12(2)20(16)28/h7-10,17-18,27-28H,3-6H2,1-2H3,(H,25,29)(H,26,30)(H,31,32)(H,33,34)/t17-,18-/m1/s1. The predicted molar refractivity (Wildman–Crippen MR) is 121 cm³/mol. The van der Waals surface area contributed by atoms with Crippen LogP contribution in [0, 0.1) is 13.8 Å². The normalized spacial score (nSPS) is 17.6. The van der Waals surface area contributed by atoms with Gasteiger partial charge in [0.05, 0.1) is 22.3 Å². The van der Waals surface area contributed by atoms with Gasteiger partial charge in [-0.25, -0.2) is 9.59 Å². The number of amides is 2. The zero-order valence-corrected chi connectivity index (χ0v) is 18.7. The minimum atomic E-state index is -1.24. The number of carboxylic acids is 2. The Morgan fingerprint density at radius 3 is 1.38 bits per heavy atom. The van der Waals surface area contributed by atoms with E-state index in [-0.39, 0.29) is 44.9 Å². The first-order valence-corrected chi connectivity index (χ1v) is 10.7. The molecule has 0 radical (unpaired) electrons. The van der Waals surface area contributed by atoms with Gasteiger partial charge in [0.2, 0.25) is 0 Å². The molecule has 1 aliphatic carbocycles. The van der Waals surface area contributed by atoms with Gasteiger partial charge in [-0.2, -0.15) is 0 Å². The van der Waals surface area contributed by atoms with E-state index < -0.39 is 35.8 Å². The molecule has 2 atom stereocenters. The summed E-state index contributed by atoms with van der Waals surface area (Å²) in [5, 5.41) is 44.6. The lowest BCUT2D eigenvalue weighted by Gasteiger charge is -2.33. The highest BCUT2D eigenvalue weighted by Gasteiger charge is 2.30. The molecule has 1 saturated carbocycles. The van der Waals surface area contributed by atoms with Gasteiger partial charge in [0.15, 0.2) is 0 Å². The molecule has 0 aromatic heterocycles. The molecule has 1 aliphatic rings. The maximum Gasteiger partial charge on any atom is 0.335 e. The van der Waals surface area contributed by atoms with E-state index in [1.54, 1.807) is 0 Å². The average molecular weight is 470 g/mol. The number of aryl methyl sites for hydroxylation is 2. The number of phenols is 2. The molecule has 0 saturated heterocycles. The van der Waals surface area contributed by atoms with Crippen LogP contribution in [0.2, 0.25) is 0 Å². The van der Waals surface area contributed by atoms with Gasteiger partial charge in [-0.1, -0.05) is 12.8 Å². The fourth-order valence-corrected chi connectivity index (χ4v) is 4.12. The molecule has 0 unspecified atom stereocenters. The van der Waals surface area contributed by atoms with E-state index in [9.17, 15) is 39.6 Å². The highest BCUT2D eigenvalue weighted by atomic mass is 16.4. The molecule has 2 amide bonds. The zero-order valence-electron chi connectivity index (χ0n) is 18.7. The number of carbonyl (C=O) groups is 4. The smallest absolute Gasteiger partial charge is 0.335 e. The molecule has 0 spiro atoms. The van der Waals surface area contributed by atoms with Crippen molar-refractivity contribution in [1.29, 1.82) is 0 Å². The zero-order chi connectivity index (χ0) is 25.2. The van der Waals surface area contributed by atoms with Gasteiger partial charge in [-0.3, -0.25) is 9.59 Å². The van der Waals surface area contributed by atoms with Crippen LogP contribution in [0.1, 0.15) is 78.2 Å². The lowest BCUT2D eigenvalue weighted by atomic mass is 9.89. The van der Waals surface area contributed by atoms with Crippen molar-refractivity contribution >= 4 is 23.8 Å². The summed E-state index contributed by atoms with van der Waals surface area (Å²) in [5.41, 5.74) is -0.174. The Morgan fingerprint density at radius 2 is 1.06 bits per heavy atom. The number of carbonyl (C=O) groups excluding carboxylic acids is 2. The first-order valence-electron chi connectivity index (χ1n) is 10.7. The SMILES string of the molecule is Cc1cc(C(=O)O)cc(C(=O)N[C@@H]2CCCC[C@H]2NC(=O)c2cc(C(=O)O)cc(C)c2O)c1O. The molecule has 10 nitrogen and oxygen atoms in total. The summed E-state index contributed by atoms with van der Waals surface area (Å²) < 4.78 is 0. The molecule has 0 aliphatic heterocycles. The molecule has 180 valence electrons. The lowest BCUT2D eigenvalue weighted by molar-refractivity contribution is 0.0685. The van der Waals surface area contributed by atoms with Crippen LogP contribution in [-0.2, 0) is 0 Å². The summed E-state index contributed by atoms with van der Waals surface area (Å²) >= 11 is 0. The third-order valence-corrected chi connectivity index (χ3v) is 5.98. The predicted octanol–water partition coefficient (Wildman–Crippen LogP) is 2.58. The molecular formula is C24H26N2O8. The van der Waals surface area contributed by atoms with E-state index in [1.165, 1.54) is 26.0 Å². The molecule has 6 N–H and O–H groups in total. The lowest BCUT2D eigenvalue weighted by Crippen LogP contribution is -2.53. The van der Waals surface area contributed by atoms with Gasteiger partial charge < -0.3 is 31.1 Å². The van der Waals surface area contributed by atoms with Crippen molar-refractivity contribution in [2.24, 2.45) is 0 Å². The van der Waals surface area contributed by atoms with Gasteiger partial charge in [0, 0.05) is 12.1 Å². The molecule has 0 heterocycles. The second-order valence-electron chi connectivity index (χ2n) is 8.43. The highest BCUT2D eigenvalue weighted by molar-refractivity contribution is 6.01. The van der Waals surface area contributed by atoms with E-state index in [2.05, 4.69) is 10.6 Å². The Bertz CT molecular complexity index is 1080. The topological polar surface area (TPSA) is 173 Å². The van der Waals surface area contributed by atoms with Crippen molar-refractivity contribution in [2.75, 3.05) is 0 Å². The van der Waals surface area contributed by atoms with Crippen LogP contribution in [0.3, 0.4) is 0 Å². The van der Waals surface area contributed by atoms with Crippen molar-refractivity contribution in [3.8, 4) is 11.5 Å². The summed E-state index contributed by atoms with van der Waals surface area (Å²) in [5.74, 6) is -4.49. The molecule has 10 heteroatoms. The molecular weight excluding hydrogens is 444 g/mol. The molecule has 0 bridgehead atoms. The molecule has 2 aromatic rings. The van der Waals surface area contributed by atoms with Crippen LogP contribution >= 0.6 is 0 Å². The number of rotatable bonds is 6. The minimum absolute atomic E-state index is 0.141. The van der Waals surface area contributed by atoms with Gasteiger partial charge in [0.25, 0.3) is 11.8 Å². The summed E-state index contributed by atoms with van der Waals surface area (Å²) in [7, 11) is 0. The maximum absolute atomic E-state index is 12.9. The van der Waals surface area contributed by atoms with E-state index in [4.69, 9.17) is 0 Å². The van der Waals surface area contributed by atoms with Gasteiger partial charge >= 0.3 is 11.9 Å². The summed E-state index contributed by atoms with van der Waals surface area (Å²) in [4.78, 5) is 48.5. The van der Waals surface area contributed by atoms with Crippen molar-refractivity contribution in [3.05, 3.63) is 57.6 Å². The fraction of sp³-hybridized carbons (Fsp3) is 0.333. The Labute approximate surface area is 195 Å². The number of phenolic OH excluding ortho intramolecular Hbond substituents is 2. The van der Waals surface area contributed by atoms with Crippen LogP contribution < -0.4 is 10.6 Å². The van der Waals surface area contributed by atoms with Gasteiger partial charge in [0.1, 0.15) is 11.5 Å². The number of nitrogens with one attached hydrogen (secondary N) is 2. The molecule has 2 aromatic carbocycles. The monoisotopic (exact) mass is 470 g/mol. The Morgan fingerprint density at radius 1 is 0.706 bits per heavy atom. The van der Waals surface area contributed by atoms with Crippen LogP contribution in [0.5, 0.6) is 11.5 Å². The first-order chi connectivity index (χ1) is 16.0. The second-order valence-corrected chi connectivity index (χ2v) is 8.43. The number of aromatic hydroxyl groups is 2. The number of aromatic carboxylic acids is 2. The number of hydrogen-bond donors (Lipinski definition) is 6. The van der Waals surface area contributed by atoms with Crippen LogP contribution in [0.25, 0.3) is 0 Å². The van der Waals surface area contributed by atoms with Crippen molar-refractivity contribution in [3.63, 3.8) is 0 Å². The fourth-order valence-electron chi connectivity index (χ4n) is 4.12. The molecule has 3 rings (SSSR count). The number of benzene rings is 2. The van der Waals surface area contributed by atoms with Crippen molar-refractivity contribution in [1.82, 2.24) is 10.6 Å². The quantitative estimate of drug-likeness (QED) is 0.374. The molecule has 34 heavy (non-hydrogen) atoms. The largest absolute Gasteiger partial charge is 0.507 e. The first kappa shape index (κ1) is 24.6. The van der Waals surface area contributed by atoms with Crippen molar-refractivity contribution in [2.45, 2.75) is 51.6 Å². The third-order valence-electron chi connectivity index (χ3n) is 5.98. The van der Waals surface area contributed by atoms with Gasteiger partial charge in [-0.15, -0.1) is 0 Å². The van der Waals surface area contributed by atoms with Crippen LogP contribution in [-0.4, -0.2) is 56.3 Å². The summed E-state index contributed by atoms with van der Waals surface area (Å²) in [6.07, 6.45) is 2.59. The Hall–Kier alpha value is -4.08. The minimum Gasteiger partial charge on any atom is -0.507 e. The highest BCUT2D eigenvalue weighted by Crippen LogP contribution is 2.27. The Kier molecular flexibility index (Phi) is 7.09. The van der Waals surface area contributed by atoms with E-state index in [0.717, 1.165) is 25.0 Å². The third kappa shape index (κ3) is 5.11. The molecule has 1 fully saturated rings. The van der Waals surface area contributed by atoms with E-state index in [0.29, 0.717) is 12.8 Å². The van der Waals surface area contributed by atoms with Crippen molar-refractivity contribution < 1.29 is 39.6 Å². The van der Waals surface area contributed by atoms with E-state index in [1.807, 2.05) is 0 Å². The number of carboxylic acid groups (broad SMARTS) is 2. The average Bonchev–Trinajstić information content (AvgIpc) is 2.78. The van der Waals surface area contributed by atoms with Gasteiger partial charge in [-0.05, 0) is 62.1 Å². The Balaban J connectivity index is 1.82. The summed E-state index contributed by atoms with van der Waals surface area (Å²) in [6, 6.07) is 3.66. The second kappa shape index (κ2) is 9.82. The maximum atomic E-state index is 12.9. The van der Waals surface area contributed by atoms with Crippen LogP contribution in [0.4, 0.5) is 0 Å². The van der Waals surface area contributed by atoms with Crippen LogP contribution in [0.15, 0.2) is 24.3 Å².